The number of hydrogen-bond acceptors (Lipinski definition) is 6. The Labute approximate surface area is 143 Å². The zero-order valence-corrected chi connectivity index (χ0v) is 14.2. The monoisotopic (exact) mass is 336 g/mol. The second kappa shape index (κ2) is 7.19. The van der Waals surface area contributed by atoms with Gasteiger partial charge in [0, 0.05) is 12.5 Å². The Morgan fingerprint density at radius 2 is 2.04 bits per heavy atom. The standard InChI is InChI=1S/C17H28N4O3/c22-17(23-12-13-4-2-1-3-5-13)18-21-11-16(24-19-21)15-10-20-8-6-14(15)7-9-20/h11,13-15,19H,1-10,12H2,(H,18,22). The first-order valence-electron chi connectivity index (χ1n) is 9.37. The average molecular weight is 336 g/mol. The molecule has 7 heteroatoms. The zero-order valence-electron chi connectivity index (χ0n) is 14.2. The minimum atomic E-state index is -0.428. The van der Waals surface area contributed by atoms with Crippen LogP contribution in [-0.2, 0) is 9.57 Å². The lowest BCUT2D eigenvalue weighted by atomic mass is 9.78. The summed E-state index contributed by atoms with van der Waals surface area (Å²) in [6, 6.07) is 0. The van der Waals surface area contributed by atoms with Crippen LogP contribution in [-0.4, -0.2) is 42.4 Å². The van der Waals surface area contributed by atoms with E-state index in [0.717, 1.165) is 12.3 Å². The number of fused-ring (bicyclic) bond motifs is 3. The van der Waals surface area contributed by atoms with E-state index in [4.69, 9.17) is 9.57 Å². The van der Waals surface area contributed by atoms with Crippen molar-refractivity contribution in [2.75, 3.05) is 26.2 Å². The zero-order chi connectivity index (χ0) is 16.4. The lowest BCUT2D eigenvalue weighted by molar-refractivity contribution is -0.0352. The Kier molecular flexibility index (Phi) is 4.80. The van der Waals surface area contributed by atoms with E-state index in [0.29, 0.717) is 24.4 Å². The number of carbonyl (C=O) groups excluding carboxylic acids is 1. The highest BCUT2D eigenvalue weighted by Gasteiger charge is 2.39. The largest absolute Gasteiger partial charge is 0.448 e. The van der Waals surface area contributed by atoms with Gasteiger partial charge in [-0.15, -0.1) is 0 Å². The number of rotatable bonds is 4. The summed E-state index contributed by atoms with van der Waals surface area (Å²) in [4.78, 5) is 20.0. The highest BCUT2D eigenvalue weighted by Crippen LogP contribution is 2.37. The number of carbonyl (C=O) groups is 1. The molecule has 134 valence electrons. The van der Waals surface area contributed by atoms with Gasteiger partial charge in [0.15, 0.2) is 5.76 Å². The molecule has 2 N–H and O–H groups in total. The lowest BCUT2D eigenvalue weighted by Crippen LogP contribution is -2.48. The maximum absolute atomic E-state index is 11.9. The molecule has 4 fully saturated rings. The summed E-state index contributed by atoms with van der Waals surface area (Å²) < 4.78 is 5.35. The number of amides is 1. The van der Waals surface area contributed by atoms with E-state index in [1.165, 1.54) is 63.2 Å². The van der Waals surface area contributed by atoms with Gasteiger partial charge in [-0.25, -0.2) is 10.2 Å². The smallest absolute Gasteiger partial charge is 0.427 e. The van der Waals surface area contributed by atoms with Crippen molar-refractivity contribution in [1.82, 2.24) is 21.0 Å². The van der Waals surface area contributed by atoms with Crippen molar-refractivity contribution in [1.29, 1.82) is 0 Å². The van der Waals surface area contributed by atoms with Crippen LogP contribution in [0.4, 0.5) is 4.79 Å². The van der Waals surface area contributed by atoms with Crippen LogP contribution >= 0.6 is 0 Å². The fraction of sp³-hybridized carbons (Fsp3) is 0.824. The molecule has 3 saturated heterocycles. The fourth-order valence-corrected chi connectivity index (χ4v) is 4.47. The minimum absolute atomic E-state index is 0.421. The fourth-order valence-electron chi connectivity index (χ4n) is 4.47. The molecule has 1 atom stereocenters. The summed E-state index contributed by atoms with van der Waals surface area (Å²) >= 11 is 0. The van der Waals surface area contributed by atoms with Crippen molar-refractivity contribution >= 4 is 6.09 Å². The molecular weight excluding hydrogens is 308 g/mol. The SMILES string of the molecule is O=C(NN1C=C(C2CN3CCC2CC3)ON1)OCC1CCCCC1. The summed E-state index contributed by atoms with van der Waals surface area (Å²) in [5.74, 6) is 2.55. The second-order valence-electron chi connectivity index (χ2n) is 7.55. The van der Waals surface area contributed by atoms with Crippen LogP contribution < -0.4 is 11.0 Å². The van der Waals surface area contributed by atoms with Gasteiger partial charge < -0.3 is 14.5 Å². The van der Waals surface area contributed by atoms with Gasteiger partial charge in [0.1, 0.15) is 0 Å². The molecule has 0 spiro atoms. The quantitative estimate of drug-likeness (QED) is 0.820. The van der Waals surface area contributed by atoms with Gasteiger partial charge >= 0.3 is 6.09 Å². The van der Waals surface area contributed by atoms with Gasteiger partial charge in [-0.3, -0.25) is 0 Å². The third kappa shape index (κ3) is 3.62. The van der Waals surface area contributed by atoms with Gasteiger partial charge in [-0.2, -0.15) is 5.12 Å². The molecule has 5 aliphatic rings. The molecule has 1 aliphatic carbocycles. The predicted molar refractivity (Wildman–Crippen MR) is 87.9 cm³/mol. The van der Waals surface area contributed by atoms with Crippen LogP contribution in [0.2, 0.25) is 0 Å². The lowest BCUT2D eigenvalue weighted by Gasteiger charge is -2.44. The molecule has 24 heavy (non-hydrogen) atoms. The van der Waals surface area contributed by atoms with Crippen LogP contribution in [0.3, 0.4) is 0 Å². The molecule has 2 bridgehead atoms. The molecule has 4 aliphatic heterocycles. The molecule has 5 rings (SSSR count). The van der Waals surface area contributed by atoms with E-state index in [-0.39, 0.29) is 0 Å². The second-order valence-corrected chi connectivity index (χ2v) is 7.55. The molecule has 4 heterocycles. The topological polar surface area (TPSA) is 66.1 Å². The van der Waals surface area contributed by atoms with E-state index < -0.39 is 6.09 Å². The minimum Gasteiger partial charge on any atom is -0.448 e. The van der Waals surface area contributed by atoms with Crippen LogP contribution in [0, 0.1) is 17.8 Å². The van der Waals surface area contributed by atoms with Crippen molar-refractivity contribution < 1.29 is 14.4 Å². The molecule has 1 amide bonds. The Morgan fingerprint density at radius 1 is 1.25 bits per heavy atom. The van der Waals surface area contributed by atoms with Gasteiger partial charge in [-0.1, -0.05) is 19.3 Å². The van der Waals surface area contributed by atoms with Crippen molar-refractivity contribution in [2.45, 2.75) is 44.9 Å². The van der Waals surface area contributed by atoms with E-state index in [2.05, 4.69) is 15.9 Å². The molecule has 7 nitrogen and oxygen atoms in total. The molecule has 0 aromatic heterocycles. The number of nitrogens with one attached hydrogen (secondary N) is 2. The summed E-state index contributed by atoms with van der Waals surface area (Å²) in [5.41, 5.74) is 5.42. The predicted octanol–water partition coefficient (Wildman–Crippen LogP) is 2.14. The summed E-state index contributed by atoms with van der Waals surface area (Å²) in [7, 11) is 0. The first-order chi connectivity index (χ1) is 11.8. The van der Waals surface area contributed by atoms with Crippen LogP contribution in [0.25, 0.3) is 0 Å². The number of hydrazine groups is 2. The van der Waals surface area contributed by atoms with Gasteiger partial charge in [0.25, 0.3) is 0 Å². The molecule has 0 aromatic rings. The van der Waals surface area contributed by atoms with E-state index in [9.17, 15) is 4.79 Å². The average Bonchev–Trinajstić information content (AvgIpc) is 3.10. The molecule has 0 aromatic carbocycles. The van der Waals surface area contributed by atoms with Crippen LogP contribution in [0.5, 0.6) is 0 Å². The Hall–Kier alpha value is -1.47. The number of nitrogens with zero attached hydrogens (tertiary/aromatic N) is 2. The summed E-state index contributed by atoms with van der Waals surface area (Å²) in [6.07, 6.45) is 10.0. The van der Waals surface area contributed by atoms with Crippen molar-refractivity contribution in [2.24, 2.45) is 17.8 Å². The van der Waals surface area contributed by atoms with Crippen LogP contribution in [0.15, 0.2) is 12.0 Å². The van der Waals surface area contributed by atoms with Gasteiger partial charge in [0.05, 0.1) is 12.8 Å². The number of hydrogen-bond donors (Lipinski definition) is 2. The van der Waals surface area contributed by atoms with E-state index in [1.54, 1.807) is 0 Å². The molecule has 1 saturated carbocycles. The van der Waals surface area contributed by atoms with Crippen molar-refractivity contribution in [3.63, 3.8) is 0 Å². The third-order valence-electron chi connectivity index (χ3n) is 5.93. The van der Waals surface area contributed by atoms with E-state index in [1.807, 2.05) is 6.20 Å². The van der Waals surface area contributed by atoms with Crippen molar-refractivity contribution in [3.05, 3.63) is 12.0 Å². The summed E-state index contributed by atoms with van der Waals surface area (Å²) in [5, 5.41) is 1.47. The summed E-state index contributed by atoms with van der Waals surface area (Å²) in [6.45, 7) is 3.98. The van der Waals surface area contributed by atoms with Crippen LogP contribution in [0.1, 0.15) is 44.9 Å². The maximum atomic E-state index is 11.9. The number of piperidine rings is 3. The highest BCUT2D eigenvalue weighted by molar-refractivity contribution is 5.66. The van der Waals surface area contributed by atoms with Gasteiger partial charge in [0.2, 0.25) is 0 Å². The maximum Gasteiger partial charge on any atom is 0.427 e. The number of ether oxygens (including phenoxy) is 1. The van der Waals surface area contributed by atoms with E-state index >= 15 is 0 Å². The Balaban J connectivity index is 1.24. The van der Waals surface area contributed by atoms with Crippen molar-refractivity contribution in [3.8, 4) is 0 Å². The molecule has 1 unspecified atom stereocenters. The third-order valence-corrected chi connectivity index (χ3v) is 5.93. The first-order valence-corrected chi connectivity index (χ1v) is 9.37. The first kappa shape index (κ1) is 16.0. The highest BCUT2D eigenvalue weighted by atomic mass is 16.7. The normalized spacial score (nSPS) is 33.1. The molecular formula is C17H28N4O3. The Morgan fingerprint density at radius 3 is 2.75 bits per heavy atom. The molecule has 0 radical (unpaired) electrons. The van der Waals surface area contributed by atoms with Gasteiger partial charge in [-0.05, 0) is 56.2 Å². The Bertz CT molecular complexity index is 484.